The Bertz CT molecular complexity index is 651. The number of halogens is 5. The van der Waals surface area contributed by atoms with Crippen LogP contribution >= 0.6 is 74.5 Å². The molecular weight excluding hydrogens is 995 g/mol. The molecule has 2 aliphatic rings. The molecule has 2 fully saturated rings. The summed E-state index contributed by atoms with van der Waals surface area (Å²) in [5.74, 6) is 1.95. The van der Waals surface area contributed by atoms with E-state index in [9.17, 15) is 13.8 Å². The van der Waals surface area contributed by atoms with Gasteiger partial charge in [0.1, 0.15) is 5.78 Å². The van der Waals surface area contributed by atoms with E-state index in [-0.39, 0.29) is 11.7 Å². The molecule has 32 heavy (non-hydrogen) atoms. The third-order valence-corrected chi connectivity index (χ3v) is 6.62. The Morgan fingerprint density at radius 1 is 0.906 bits per heavy atom. The van der Waals surface area contributed by atoms with Crippen molar-refractivity contribution in [3.63, 3.8) is 0 Å². The number of hydrogen-bond acceptors (Lipinski definition) is 5. The first-order valence-electron chi connectivity index (χ1n) is 10.7. The van der Waals surface area contributed by atoms with E-state index >= 15 is 0 Å². The molecule has 0 aliphatic carbocycles. The predicted octanol–water partition coefficient (Wildman–Crippen LogP) is 2.59. The second-order valence-corrected chi connectivity index (χ2v) is 27.8. The van der Waals surface area contributed by atoms with Crippen LogP contribution in [0.25, 0.3) is 0 Å². The van der Waals surface area contributed by atoms with Crippen molar-refractivity contribution in [2.75, 3.05) is 52.8 Å². The second-order valence-electron chi connectivity index (χ2n) is 8.70. The van der Waals surface area contributed by atoms with Crippen molar-refractivity contribution >= 4 is 101 Å². The summed E-state index contributed by atoms with van der Waals surface area (Å²) in [6.07, 6.45) is 6.09. The van der Waals surface area contributed by atoms with Gasteiger partial charge in [-0.15, -0.1) is 0 Å². The second kappa shape index (κ2) is 20.9. The van der Waals surface area contributed by atoms with Crippen molar-refractivity contribution in [1.29, 1.82) is 0 Å². The van der Waals surface area contributed by atoms with E-state index in [2.05, 4.69) is 105 Å². The zero-order chi connectivity index (χ0) is 25.5. The number of nitrogens with zero attached hydrogens (tertiary/aromatic N) is 2. The maximum absolute atomic E-state index is 11.9. The molecule has 2 heterocycles. The number of carbonyl (C=O) groups is 2. The molecule has 0 bridgehead atoms. The van der Waals surface area contributed by atoms with E-state index in [4.69, 9.17) is 0 Å². The Hall–Kier alpha value is 2.93. The summed E-state index contributed by atoms with van der Waals surface area (Å²) in [6, 6.07) is 0. The summed E-state index contributed by atoms with van der Waals surface area (Å²) >= 11 is 9.54. The van der Waals surface area contributed by atoms with Crippen LogP contribution in [0.15, 0.2) is 0 Å². The Labute approximate surface area is 250 Å². The topological polar surface area (TPSA) is 57.7 Å². The number of hydrogen-bond donors (Lipinski definition) is 0. The monoisotopic (exact) mass is 1030 g/mol. The molecule has 0 unspecified atom stereocenters. The predicted molar refractivity (Wildman–Crippen MR) is 172 cm³/mol. The molecular formula is C21H40I5N2O3S-. The molecule has 194 valence electrons. The molecule has 11 heteroatoms. The first-order valence-corrected chi connectivity index (χ1v) is 32.0. The molecule has 0 radical (unpaired) electrons. The van der Waals surface area contributed by atoms with Crippen LogP contribution in [0.5, 0.6) is 0 Å². The van der Waals surface area contributed by atoms with Gasteiger partial charge in [-0.25, -0.2) is 0 Å². The fraction of sp³-hybridized carbons (Fsp3) is 0.857. The maximum atomic E-state index is 11.9. The van der Waals surface area contributed by atoms with E-state index in [1.54, 1.807) is 12.5 Å². The van der Waals surface area contributed by atoms with Crippen LogP contribution in [0.1, 0.15) is 40.0 Å². The van der Waals surface area contributed by atoms with Crippen molar-refractivity contribution in [2.45, 2.75) is 40.0 Å². The van der Waals surface area contributed by atoms with Gasteiger partial charge in [0.05, 0.1) is 0 Å². The Morgan fingerprint density at radius 3 is 1.62 bits per heavy atom. The van der Waals surface area contributed by atoms with Gasteiger partial charge < -0.3 is 9.80 Å². The van der Waals surface area contributed by atoms with Crippen LogP contribution in [-0.4, -0.2) is 83.7 Å². The molecule has 2 aliphatic heterocycles. The van der Waals surface area contributed by atoms with Crippen molar-refractivity contribution in [3.8, 4) is 0 Å². The molecule has 0 aromatic rings. The molecule has 0 aromatic carbocycles. The van der Waals surface area contributed by atoms with Crippen LogP contribution in [-0.2, 0) is 19.1 Å². The summed E-state index contributed by atoms with van der Waals surface area (Å²) in [6.45, 7) is 10.1. The van der Waals surface area contributed by atoms with Crippen molar-refractivity contribution in [1.82, 2.24) is 9.80 Å². The average Bonchev–Trinajstić information content (AvgIpc) is 3.30. The summed E-state index contributed by atoms with van der Waals surface area (Å²) in [5, 5.41) is 1.43. The molecule has 0 saturated carbocycles. The summed E-state index contributed by atoms with van der Waals surface area (Å²) < 4.78 is 11.5. The van der Waals surface area contributed by atoms with Gasteiger partial charge in [0.2, 0.25) is 0 Å². The summed E-state index contributed by atoms with van der Waals surface area (Å²) in [4.78, 5) is 27.9. The third kappa shape index (κ3) is 15.9. The van der Waals surface area contributed by atoms with Gasteiger partial charge >= 0.3 is 50.5 Å². The van der Waals surface area contributed by atoms with Crippen LogP contribution in [0.4, 0.5) is 0 Å². The minimum atomic E-state index is -2.05. The molecule has 0 spiro atoms. The number of Topliss-reactive ketones (excluding diaryl/α,β-unsaturated/α-hetero) is 2. The normalized spacial score (nSPS) is 25.6. The number of carbonyl (C=O) groups excluding carboxylic acids is 2. The van der Waals surface area contributed by atoms with Crippen LogP contribution < -0.4 is 13.3 Å². The molecule has 2 rings (SSSR count). The summed E-state index contributed by atoms with van der Waals surface area (Å²) in [7, 11) is 2.08. The van der Waals surface area contributed by atoms with Gasteiger partial charge in [0.25, 0.3) is 0 Å². The van der Waals surface area contributed by atoms with Crippen molar-refractivity contribution < 1.29 is 27.1 Å². The van der Waals surface area contributed by atoms with Gasteiger partial charge in [-0.2, -0.15) is 0 Å². The Balaban J connectivity index is 0. The molecule has 4 atom stereocenters. The van der Waals surface area contributed by atoms with Crippen molar-refractivity contribution in [2.24, 2.45) is 23.7 Å². The zero-order valence-electron chi connectivity index (χ0n) is 20.3. The van der Waals surface area contributed by atoms with E-state index in [0.29, 0.717) is 43.2 Å². The zero-order valence-corrected chi connectivity index (χ0v) is 31.9. The molecule has 0 aromatic heterocycles. The van der Waals surface area contributed by atoms with E-state index in [1.165, 1.54) is 5.37 Å². The number of likely N-dealkylation sites (tertiary alicyclic amines) is 2. The van der Waals surface area contributed by atoms with E-state index < -0.39 is 9.52 Å². The standard InChI is InChI=1S/C11H21NO2S.C10H19NO.I3.I2/c1-5-9-6-12(2)7-10(9)11(13)8-15(3,4)14;1-4-8-6-11(3)7-9(8)10(12)5-2;1-3-2;1-2/h8-10H,5-7H2,1-4H3;8-9H,4-7H2,1-3H3;;/q;;-1;/t9-,10+;8-,9+;;/m11../s1. The molecule has 0 amide bonds. The van der Waals surface area contributed by atoms with Gasteiger partial charge in [-0.05, 0) is 35.5 Å². The van der Waals surface area contributed by atoms with Crippen LogP contribution in [0, 0.1) is 23.7 Å². The van der Waals surface area contributed by atoms with E-state index in [1.807, 2.05) is 14.0 Å². The SMILES string of the molecule is CCC(=O)[C@H]1CN(C)C[C@H]1CC.CC[C@@H]1CN(C)C[C@@H]1C(=O)C=S(C)(C)=O.II.I[I-]I. The third-order valence-electron chi connectivity index (χ3n) is 5.82. The van der Waals surface area contributed by atoms with E-state index in [0.717, 1.165) is 39.0 Å². The number of ketones is 2. The first-order chi connectivity index (χ1) is 14.9. The van der Waals surface area contributed by atoms with Gasteiger partial charge in [-0.3, -0.25) is 13.8 Å². The fourth-order valence-electron chi connectivity index (χ4n) is 4.32. The average molecular weight is 1040 g/mol. The minimum absolute atomic E-state index is 0.0562. The first kappa shape index (κ1) is 37.1. The quantitative estimate of drug-likeness (QED) is 0.303. The van der Waals surface area contributed by atoms with Gasteiger partial charge in [0, 0.05) is 99.5 Å². The van der Waals surface area contributed by atoms with Gasteiger partial charge in [-0.1, -0.05) is 33.6 Å². The Morgan fingerprint density at radius 2 is 1.28 bits per heavy atom. The van der Waals surface area contributed by atoms with Gasteiger partial charge in [0.15, 0.2) is 5.78 Å². The molecule has 0 N–H and O–H groups in total. The van der Waals surface area contributed by atoms with Crippen molar-refractivity contribution in [3.05, 3.63) is 0 Å². The molecule has 2 saturated heterocycles. The molecule has 5 nitrogen and oxygen atoms in total. The fourth-order valence-corrected chi connectivity index (χ4v) is 5.05. The summed E-state index contributed by atoms with van der Waals surface area (Å²) in [5.41, 5.74) is 0. The van der Waals surface area contributed by atoms with Crippen LogP contribution in [0.3, 0.4) is 0 Å². The Kier molecular flexibility index (Phi) is 24.3. The number of rotatable bonds is 6. The van der Waals surface area contributed by atoms with Crippen LogP contribution in [0.2, 0.25) is 0 Å².